The van der Waals surface area contributed by atoms with Gasteiger partial charge in [0.25, 0.3) is 0 Å². The van der Waals surface area contributed by atoms with Gasteiger partial charge in [-0.2, -0.15) is 5.26 Å². The number of para-hydroxylation sites is 1. The molecular weight excluding hydrogens is 282 g/mol. The van der Waals surface area contributed by atoms with E-state index in [0.29, 0.717) is 17.9 Å². The Hall–Kier alpha value is -2.12. The molecule has 4 heteroatoms. The lowest BCUT2D eigenvalue weighted by molar-refractivity contribution is 0.318. The Morgan fingerprint density at radius 3 is 2.57 bits per heavy atom. The van der Waals surface area contributed by atoms with Gasteiger partial charge in [0.1, 0.15) is 17.6 Å². The van der Waals surface area contributed by atoms with E-state index >= 15 is 0 Å². The van der Waals surface area contributed by atoms with Crippen LogP contribution in [0.1, 0.15) is 12.0 Å². The predicted molar refractivity (Wildman–Crippen MR) is 85.0 cm³/mol. The third-order valence-corrected chi connectivity index (χ3v) is 3.98. The third kappa shape index (κ3) is 4.73. The van der Waals surface area contributed by atoms with Gasteiger partial charge >= 0.3 is 0 Å². The number of rotatable bonds is 7. The second-order valence-corrected chi connectivity index (χ2v) is 5.50. The predicted octanol–water partition coefficient (Wildman–Crippen LogP) is 4.13. The van der Waals surface area contributed by atoms with Gasteiger partial charge in [-0.3, -0.25) is 0 Å². The minimum absolute atomic E-state index is 0.584. The Balaban J connectivity index is 1.71. The first-order valence-electron chi connectivity index (χ1n) is 6.72. The summed E-state index contributed by atoms with van der Waals surface area (Å²) < 4.78 is 10.8. The highest BCUT2D eigenvalue weighted by Gasteiger charge is 2.01. The zero-order chi connectivity index (χ0) is 14.9. The van der Waals surface area contributed by atoms with Crippen molar-refractivity contribution in [1.82, 2.24) is 0 Å². The summed E-state index contributed by atoms with van der Waals surface area (Å²) in [5.74, 6) is 2.51. The Morgan fingerprint density at radius 1 is 1.10 bits per heavy atom. The highest BCUT2D eigenvalue weighted by molar-refractivity contribution is 7.99. The molecule has 0 atom stereocenters. The molecule has 0 heterocycles. The van der Waals surface area contributed by atoms with Crippen LogP contribution in [0.5, 0.6) is 11.5 Å². The van der Waals surface area contributed by atoms with Gasteiger partial charge in [0.15, 0.2) is 0 Å². The monoisotopic (exact) mass is 299 g/mol. The summed E-state index contributed by atoms with van der Waals surface area (Å²) in [6.07, 6.45) is 0.927. The Labute approximate surface area is 129 Å². The second kappa shape index (κ2) is 8.23. The minimum Gasteiger partial charge on any atom is -0.497 e. The average Bonchev–Trinajstić information content (AvgIpc) is 2.55. The molecule has 0 unspecified atom stereocenters. The summed E-state index contributed by atoms with van der Waals surface area (Å²) in [6, 6.07) is 17.5. The summed E-state index contributed by atoms with van der Waals surface area (Å²) in [7, 11) is 1.67. The van der Waals surface area contributed by atoms with Crippen LogP contribution < -0.4 is 9.47 Å². The van der Waals surface area contributed by atoms with E-state index in [9.17, 15) is 0 Å². The van der Waals surface area contributed by atoms with Crippen LogP contribution in [0.25, 0.3) is 0 Å². The topological polar surface area (TPSA) is 42.2 Å². The normalized spacial score (nSPS) is 9.90. The molecule has 0 N–H and O–H groups in total. The smallest absolute Gasteiger partial charge is 0.137 e. The standard InChI is InChI=1S/C17H17NO2S/c1-19-15-7-9-16(10-8-15)21-12-4-11-20-17-6-3-2-5-14(17)13-18/h2-3,5-10H,4,11-12H2,1H3. The molecule has 0 saturated heterocycles. The van der Waals surface area contributed by atoms with Crippen LogP contribution in [0.3, 0.4) is 0 Å². The fourth-order valence-corrected chi connectivity index (χ4v) is 2.61. The average molecular weight is 299 g/mol. The van der Waals surface area contributed by atoms with Crippen LogP contribution in [0.4, 0.5) is 0 Å². The number of nitrogens with zero attached hydrogens (tertiary/aromatic N) is 1. The lowest BCUT2D eigenvalue weighted by Gasteiger charge is -2.07. The van der Waals surface area contributed by atoms with E-state index in [-0.39, 0.29) is 0 Å². The third-order valence-electron chi connectivity index (χ3n) is 2.88. The number of hydrogen-bond donors (Lipinski definition) is 0. The van der Waals surface area contributed by atoms with Gasteiger partial charge in [0.2, 0.25) is 0 Å². The highest BCUT2D eigenvalue weighted by Crippen LogP contribution is 2.22. The molecule has 0 aromatic heterocycles. The van der Waals surface area contributed by atoms with E-state index in [1.54, 1.807) is 24.9 Å². The molecule has 3 nitrogen and oxygen atoms in total. The zero-order valence-corrected chi connectivity index (χ0v) is 12.7. The van der Waals surface area contributed by atoms with Crippen LogP contribution in [0.15, 0.2) is 53.4 Å². The molecule has 0 amide bonds. The first kappa shape index (κ1) is 15.3. The summed E-state index contributed by atoms with van der Waals surface area (Å²) >= 11 is 1.78. The molecule has 0 saturated carbocycles. The van der Waals surface area contributed by atoms with Crippen molar-refractivity contribution in [3.05, 3.63) is 54.1 Å². The van der Waals surface area contributed by atoms with Crippen molar-refractivity contribution in [1.29, 1.82) is 5.26 Å². The molecule has 0 aliphatic carbocycles. The molecule has 2 aromatic rings. The first-order valence-corrected chi connectivity index (χ1v) is 7.71. The Morgan fingerprint density at radius 2 is 1.86 bits per heavy atom. The maximum atomic E-state index is 8.97. The van der Waals surface area contributed by atoms with Gasteiger partial charge in [-0.05, 0) is 42.8 Å². The number of nitriles is 1. The van der Waals surface area contributed by atoms with Gasteiger partial charge in [-0.1, -0.05) is 12.1 Å². The fourth-order valence-electron chi connectivity index (χ4n) is 1.79. The van der Waals surface area contributed by atoms with Gasteiger partial charge < -0.3 is 9.47 Å². The van der Waals surface area contributed by atoms with Crippen molar-refractivity contribution >= 4 is 11.8 Å². The molecule has 21 heavy (non-hydrogen) atoms. The van der Waals surface area contributed by atoms with Crippen molar-refractivity contribution in [2.45, 2.75) is 11.3 Å². The molecule has 2 aromatic carbocycles. The molecule has 0 bridgehead atoms. The van der Waals surface area contributed by atoms with Crippen molar-refractivity contribution in [3.8, 4) is 17.6 Å². The molecular formula is C17H17NO2S. The van der Waals surface area contributed by atoms with Crippen molar-refractivity contribution < 1.29 is 9.47 Å². The van der Waals surface area contributed by atoms with E-state index in [2.05, 4.69) is 18.2 Å². The van der Waals surface area contributed by atoms with E-state index in [1.807, 2.05) is 30.3 Å². The molecule has 0 aliphatic rings. The van der Waals surface area contributed by atoms with Gasteiger partial charge in [-0.15, -0.1) is 11.8 Å². The van der Waals surface area contributed by atoms with Gasteiger partial charge in [-0.25, -0.2) is 0 Å². The lowest BCUT2D eigenvalue weighted by atomic mass is 10.2. The Kier molecular flexibility index (Phi) is 5.99. The Bertz CT molecular complexity index is 605. The summed E-state index contributed by atoms with van der Waals surface area (Å²) in [6.45, 7) is 0.613. The van der Waals surface area contributed by atoms with Crippen LogP contribution in [0.2, 0.25) is 0 Å². The molecule has 2 rings (SSSR count). The SMILES string of the molecule is COc1ccc(SCCCOc2ccccc2C#N)cc1. The van der Waals surface area contributed by atoms with E-state index in [0.717, 1.165) is 17.9 Å². The highest BCUT2D eigenvalue weighted by atomic mass is 32.2. The largest absolute Gasteiger partial charge is 0.497 e. The van der Waals surface area contributed by atoms with Crippen LogP contribution in [0, 0.1) is 11.3 Å². The van der Waals surface area contributed by atoms with E-state index in [1.165, 1.54) is 4.90 Å². The maximum absolute atomic E-state index is 8.97. The number of methoxy groups -OCH3 is 1. The molecule has 0 spiro atoms. The molecule has 0 aliphatic heterocycles. The number of benzene rings is 2. The molecule has 108 valence electrons. The van der Waals surface area contributed by atoms with E-state index < -0.39 is 0 Å². The van der Waals surface area contributed by atoms with Crippen LogP contribution in [-0.2, 0) is 0 Å². The lowest BCUT2D eigenvalue weighted by Crippen LogP contribution is -2.00. The van der Waals surface area contributed by atoms with Gasteiger partial charge in [0, 0.05) is 10.6 Å². The van der Waals surface area contributed by atoms with Gasteiger partial charge in [0.05, 0.1) is 19.3 Å². The first-order chi connectivity index (χ1) is 10.3. The fraction of sp³-hybridized carbons (Fsp3) is 0.235. The van der Waals surface area contributed by atoms with Crippen molar-refractivity contribution in [2.75, 3.05) is 19.5 Å². The van der Waals surface area contributed by atoms with Crippen LogP contribution >= 0.6 is 11.8 Å². The second-order valence-electron chi connectivity index (χ2n) is 4.33. The summed E-state index contributed by atoms with van der Waals surface area (Å²) in [4.78, 5) is 1.22. The van der Waals surface area contributed by atoms with Crippen LogP contribution in [-0.4, -0.2) is 19.5 Å². The zero-order valence-electron chi connectivity index (χ0n) is 11.9. The van der Waals surface area contributed by atoms with Crippen molar-refractivity contribution in [2.24, 2.45) is 0 Å². The summed E-state index contributed by atoms with van der Waals surface area (Å²) in [5.41, 5.74) is 0.584. The van der Waals surface area contributed by atoms with Crippen molar-refractivity contribution in [3.63, 3.8) is 0 Å². The van der Waals surface area contributed by atoms with E-state index in [4.69, 9.17) is 14.7 Å². The molecule has 0 fully saturated rings. The quantitative estimate of drug-likeness (QED) is 0.569. The maximum Gasteiger partial charge on any atom is 0.137 e. The summed E-state index contributed by atoms with van der Waals surface area (Å²) in [5, 5.41) is 8.97. The minimum atomic E-state index is 0.584. The molecule has 0 radical (unpaired) electrons. The number of ether oxygens (including phenoxy) is 2. The number of hydrogen-bond acceptors (Lipinski definition) is 4. The number of thioether (sulfide) groups is 1.